The lowest BCUT2D eigenvalue weighted by Crippen LogP contribution is -2.47. The summed E-state index contributed by atoms with van der Waals surface area (Å²) in [5.74, 6) is 1.06. The Morgan fingerprint density at radius 1 is 1.08 bits per heavy atom. The van der Waals surface area contributed by atoms with E-state index in [-0.39, 0.29) is 11.3 Å². The van der Waals surface area contributed by atoms with Crippen LogP contribution in [0.3, 0.4) is 0 Å². The lowest BCUT2D eigenvalue weighted by molar-refractivity contribution is -0.132. The molecule has 1 aliphatic heterocycles. The van der Waals surface area contributed by atoms with E-state index in [1.54, 1.807) is 0 Å². The largest absolute Gasteiger partial charge is 0.342 e. The summed E-state index contributed by atoms with van der Waals surface area (Å²) in [5.41, 5.74) is 9.30. The first-order valence-corrected chi connectivity index (χ1v) is 14.1. The second-order valence-electron chi connectivity index (χ2n) is 11.2. The molecule has 5 nitrogen and oxygen atoms in total. The first-order valence-electron chi connectivity index (χ1n) is 14.1. The highest BCUT2D eigenvalue weighted by atomic mass is 16.2. The molecule has 0 radical (unpaired) electrons. The predicted molar refractivity (Wildman–Crippen MR) is 153 cm³/mol. The Morgan fingerprint density at radius 2 is 1.87 bits per heavy atom. The average Bonchev–Trinajstić information content (AvgIpc) is 2.97. The monoisotopic (exact) mass is 514 g/mol. The molecule has 0 atom stereocenters. The van der Waals surface area contributed by atoms with Gasteiger partial charge in [0.05, 0.1) is 18.2 Å². The minimum Gasteiger partial charge on any atom is -0.342 e. The van der Waals surface area contributed by atoms with Crippen LogP contribution in [0.2, 0.25) is 0 Å². The maximum Gasteiger partial charge on any atom is 0.226 e. The van der Waals surface area contributed by atoms with Crippen LogP contribution in [0, 0.1) is 18.3 Å². The zero-order valence-electron chi connectivity index (χ0n) is 22.6. The van der Waals surface area contributed by atoms with Gasteiger partial charge in [0.25, 0.3) is 0 Å². The van der Waals surface area contributed by atoms with Crippen molar-refractivity contribution in [3.05, 3.63) is 106 Å². The molecule has 2 aliphatic carbocycles. The number of piperidine rings is 1. The highest BCUT2D eigenvalue weighted by Crippen LogP contribution is 2.47. The summed E-state index contributed by atoms with van der Waals surface area (Å²) in [6.45, 7) is 3.66. The van der Waals surface area contributed by atoms with E-state index in [0.29, 0.717) is 6.42 Å². The van der Waals surface area contributed by atoms with Gasteiger partial charge < -0.3 is 4.90 Å². The van der Waals surface area contributed by atoms with Crippen LogP contribution in [-0.2, 0) is 29.5 Å². The Hall–Kier alpha value is -4.04. The fourth-order valence-electron chi connectivity index (χ4n) is 6.57. The quantitative estimate of drug-likeness (QED) is 0.406. The molecule has 0 bridgehead atoms. The number of carbonyl (C=O) groups is 1. The molecule has 2 aromatic carbocycles. The molecule has 1 amide bonds. The number of nitrogens with zero attached hydrogens (tertiary/aromatic N) is 4. The molecule has 39 heavy (non-hydrogen) atoms. The van der Waals surface area contributed by atoms with Crippen molar-refractivity contribution in [2.24, 2.45) is 0 Å². The van der Waals surface area contributed by atoms with Crippen molar-refractivity contribution in [1.29, 1.82) is 5.26 Å². The number of likely N-dealkylation sites (tertiary alicyclic amines) is 1. The van der Waals surface area contributed by atoms with Crippen molar-refractivity contribution in [3.8, 4) is 17.3 Å². The molecule has 6 rings (SSSR count). The average molecular weight is 515 g/mol. The number of aryl methyl sites for hydroxylation is 3. The molecule has 3 aliphatic rings. The number of hydrogen-bond donors (Lipinski definition) is 0. The number of carbonyl (C=O) groups excluding carboxylic acids is 1. The fraction of sp³-hybridized carbons (Fsp3) is 0.353. The first kappa shape index (κ1) is 25.2. The Bertz CT molecular complexity index is 1520. The third kappa shape index (κ3) is 5.04. The van der Waals surface area contributed by atoms with Crippen LogP contribution in [0.1, 0.15) is 60.2 Å². The Kier molecular flexibility index (Phi) is 6.87. The molecule has 196 valence electrons. The molecule has 5 heteroatoms. The zero-order valence-corrected chi connectivity index (χ0v) is 22.6. The van der Waals surface area contributed by atoms with Crippen molar-refractivity contribution in [3.63, 3.8) is 0 Å². The molecule has 3 aromatic rings. The van der Waals surface area contributed by atoms with Crippen LogP contribution >= 0.6 is 0 Å². The summed E-state index contributed by atoms with van der Waals surface area (Å²) >= 11 is 0. The normalized spacial score (nSPS) is 17.5. The molecular weight excluding hydrogens is 480 g/mol. The van der Waals surface area contributed by atoms with E-state index in [2.05, 4.69) is 73.8 Å². The SMILES string of the molecule is Cc1ccccc1CCc1ncc2c(n1)-c1ccccc1C1(CCN(C(=O)CC3=CCCC(C#N)=C3)CC1)C2. The van der Waals surface area contributed by atoms with Gasteiger partial charge in [-0.25, -0.2) is 9.97 Å². The molecule has 1 spiro atoms. The third-order valence-electron chi connectivity index (χ3n) is 8.83. The predicted octanol–water partition coefficient (Wildman–Crippen LogP) is 6.21. The van der Waals surface area contributed by atoms with Crippen LogP contribution < -0.4 is 0 Å². The second-order valence-corrected chi connectivity index (χ2v) is 11.2. The van der Waals surface area contributed by atoms with Gasteiger partial charge in [0, 0.05) is 42.3 Å². The van der Waals surface area contributed by atoms with E-state index < -0.39 is 0 Å². The number of amides is 1. The van der Waals surface area contributed by atoms with Crippen molar-refractivity contribution >= 4 is 5.91 Å². The van der Waals surface area contributed by atoms with Crippen LogP contribution in [0.25, 0.3) is 11.3 Å². The molecule has 0 N–H and O–H groups in total. The first-order chi connectivity index (χ1) is 19.0. The molecule has 1 fully saturated rings. The van der Waals surface area contributed by atoms with E-state index in [4.69, 9.17) is 9.97 Å². The van der Waals surface area contributed by atoms with Gasteiger partial charge in [-0.1, -0.05) is 54.6 Å². The Morgan fingerprint density at radius 3 is 2.69 bits per heavy atom. The van der Waals surface area contributed by atoms with Gasteiger partial charge in [-0.05, 0) is 79.4 Å². The lowest BCUT2D eigenvalue weighted by Gasteiger charge is -2.45. The van der Waals surface area contributed by atoms with Gasteiger partial charge in [-0.15, -0.1) is 0 Å². The van der Waals surface area contributed by atoms with E-state index in [1.807, 2.05) is 11.0 Å². The molecule has 0 saturated carbocycles. The highest BCUT2D eigenvalue weighted by Gasteiger charge is 2.42. The summed E-state index contributed by atoms with van der Waals surface area (Å²) in [7, 11) is 0. The zero-order chi connectivity index (χ0) is 26.8. The topological polar surface area (TPSA) is 69.9 Å². The van der Waals surface area contributed by atoms with Crippen molar-refractivity contribution in [1.82, 2.24) is 14.9 Å². The van der Waals surface area contributed by atoms with Crippen molar-refractivity contribution in [2.75, 3.05) is 13.1 Å². The number of aromatic nitrogens is 2. The number of benzene rings is 2. The maximum absolute atomic E-state index is 13.2. The van der Waals surface area contributed by atoms with Crippen LogP contribution in [-0.4, -0.2) is 33.9 Å². The summed E-state index contributed by atoms with van der Waals surface area (Å²) < 4.78 is 0. The summed E-state index contributed by atoms with van der Waals surface area (Å²) in [6.07, 6.45) is 12.6. The smallest absolute Gasteiger partial charge is 0.226 e. The number of rotatable bonds is 5. The Balaban J connectivity index is 1.18. The lowest BCUT2D eigenvalue weighted by atomic mass is 9.64. The third-order valence-corrected chi connectivity index (χ3v) is 8.83. The van der Waals surface area contributed by atoms with Crippen LogP contribution in [0.5, 0.6) is 0 Å². The summed E-state index contributed by atoms with van der Waals surface area (Å²) in [6, 6.07) is 19.5. The standard InChI is InChI=1S/C34H34N4O/c1-24-7-2-3-10-27(24)13-14-31-36-23-28-21-34(30-12-5-4-11-29(30)33(28)37-31)15-17-38(18-16-34)32(39)20-25-8-6-9-26(19-25)22-35/h2-5,7-8,10-12,19,23H,6,9,13-18,20-21H2,1H3. The van der Waals surface area contributed by atoms with Gasteiger partial charge in [-0.2, -0.15) is 5.26 Å². The maximum atomic E-state index is 13.2. The van der Waals surface area contributed by atoms with E-state index >= 15 is 0 Å². The molecule has 2 heterocycles. The van der Waals surface area contributed by atoms with E-state index in [1.165, 1.54) is 27.8 Å². The molecule has 1 aromatic heterocycles. The minimum absolute atomic E-state index is 0.00435. The van der Waals surface area contributed by atoms with Gasteiger partial charge in [0.2, 0.25) is 5.91 Å². The molecule has 0 unspecified atom stereocenters. The van der Waals surface area contributed by atoms with E-state index in [0.717, 1.165) is 80.7 Å². The van der Waals surface area contributed by atoms with Gasteiger partial charge in [0.15, 0.2) is 0 Å². The number of fused-ring (bicyclic) bond motifs is 4. The summed E-state index contributed by atoms with van der Waals surface area (Å²) in [4.78, 5) is 25.1. The van der Waals surface area contributed by atoms with Crippen molar-refractivity contribution < 1.29 is 4.79 Å². The fourth-order valence-corrected chi connectivity index (χ4v) is 6.57. The number of nitriles is 1. The van der Waals surface area contributed by atoms with Crippen molar-refractivity contribution in [2.45, 2.75) is 63.7 Å². The number of allylic oxidation sites excluding steroid dienone is 3. The van der Waals surface area contributed by atoms with E-state index in [9.17, 15) is 10.1 Å². The summed E-state index contributed by atoms with van der Waals surface area (Å²) in [5, 5.41) is 9.23. The highest BCUT2D eigenvalue weighted by molar-refractivity contribution is 5.80. The minimum atomic E-state index is 0.00435. The Labute approximate surface area is 230 Å². The van der Waals surface area contributed by atoms with Crippen LogP contribution in [0.15, 0.2) is 78.0 Å². The van der Waals surface area contributed by atoms with Gasteiger partial charge in [-0.3, -0.25) is 4.79 Å². The second kappa shape index (κ2) is 10.6. The van der Waals surface area contributed by atoms with Crippen LogP contribution in [0.4, 0.5) is 0 Å². The molecule has 1 saturated heterocycles. The van der Waals surface area contributed by atoms with Gasteiger partial charge >= 0.3 is 0 Å². The molecular formula is C34H34N4O. The number of hydrogen-bond acceptors (Lipinski definition) is 4. The van der Waals surface area contributed by atoms with Gasteiger partial charge in [0.1, 0.15) is 5.82 Å².